The topological polar surface area (TPSA) is 56.4 Å². The van der Waals surface area contributed by atoms with E-state index in [-0.39, 0.29) is 18.1 Å². The summed E-state index contributed by atoms with van der Waals surface area (Å²) in [4.78, 5) is 29.8. The molecule has 0 spiro atoms. The van der Waals surface area contributed by atoms with Crippen LogP contribution >= 0.6 is 0 Å². The van der Waals surface area contributed by atoms with E-state index in [1.54, 1.807) is 15.9 Å². The molecule has 2 heterocycles. The maximum atomic E-state index is 13.5. The van der Waals surface area contributed by atoms with Gasteiger partial charge in [-0.05, 0) is 30.7 Å². The lowest BCUT2D eigenvalue weighted by Gasteiger charge is -2.32. The molecule has 0 aliphatic carbocycles. The van der Waals surface area contributed by atoms with E-state index in [1.165, 1.54) is 12.1 Å². The molecule has 5 nitrogen and oxygen atoms in total. The molecule has 2 amide bonds. The molecule has 6 heteroatoms. The van der Waals surface area contributed by atoms with Gasteiger partial charge in [-0.3, -0.25) is 9.59 Å². The first-order valence-corrected chi connectivity index (χ1v) is 7.32. The number of hydrogen-bond donors (Lipinski definition) is 1. The molecule has 1 aromatic heterocycles. The summed E-state index contributed by atoms with van der Waals surface area (Å²) in [6.07, 6.45) is 1.06. The van der Waals surface area contributed by atoms with Crippen LogP contribution in [0.2, 0.25) is 0 Å². The minimum Gasteiger partial charge on any atom is -0.358 e. The Morgan fingerprint density at radius 1 is 1.32 bits per heavy atom. The smallest absolute Gasteiger partial charge is 0.227 e. The highest BCUT2D eigenvalue weighted by molar-refractivity contribution is 5.90. The van der Waals surface area contributed by atoms with Crippen LogP contribution in [-0.2, 0) is 16.0 Å². The molecule has 3 rings (SSSR count). The summed E-state index contributed by atoms with van der Waals surface area (Å²) in [5.74, 6) is -0.293. The number of H-pyrrole nitrogens is 1. The zero-order valence-electron chi connectivity index (χ0n) is 12.4. The summed E-state index contributed by atoms with van der Waals surface area (Å²) in [5.41, 5.74) is 2.57. The quantitative estimate of drug-likeness (QED) is 0.873. The predicted octanol–water partition coefficient (Wildman–Crippen LogP) is 1.46. The maximum absolute atomic E-state index is 13.5. The fourth-order valence-electron chi connectivity index (χ4n) is 2.92. The zero-order valence-corrected chi connectivity index (χ0v) is 12.4. The van der Waals surface area contributed by atoms with E-state index in [4.69, 9.17) is 0 Å². The van der Waals surface area contributed by atoms with Crippen LogP contribution in [0.5, 0.6) is 0 Å². The molecule has 1 saturated heterocycles. The fraction of sp³-hybridized carbons (Fsp3) is 0.375. The summed E-state index contributed by atoms with van der Waals surface area (Å²) in [6, 6.07) is 4.56. The number of hydrogen-bond acceptors (Lipinski definition) is 2. The van der Waals surface area contributed by atoms with Crippen LogP contribution in [0.4, 0.5) is 4.39 Å². The summed E-state index contributed by atoms with van der Waals surface area (Å²) in [7, 11) is 0. The van der Waals surface area contributed by atoms with Gasteiger partial charge in [-0.1, -0.05) is 0 Å². The third-order valence-corrected chi connectivity index (χ3v) is 4.23. The molecule has 1 aromatic carbocycles. The highest BCUT2D eigenvalue weighted by atomic mass is 19.1. The van der Waals surface area contributed by atoms with Gasteiger partial charge in [-0.25, -0.2) is 4.39 Å². The largest absolute Gasteiger partial charge is 0.358 e. The Balaban J connectivity index is 1.78. The van der Waals surface area contributed by atoms with Crippen molar-refractivity contribution in [2.24, 2.45) is 0 Å². The van der Waals surface area contributed by atoms with Gasteiger partial charge in [-0.2, -0.15) is 0 Å². The van der Waals surface area contributed by atoms with Crippen molar-refractivity contribution in [1.82, 2.24) is 14.8 Å². The Kier molecular flexibility index (Phi) is 3.83. The van der Waals surface area contributed by atoms with E-state index in [1.807, 2.05) is 6.92 Å². The summed E-state index contributed by atoms with van der Waals surface area (Å²) in [6.45, 7) is 4.12. The Bertz CT molecular complexity index is 717. The van der Waals surface area contributed by atoms with E-state index in [2.05, 4.69) is 4.98 Å². The van der Waals surface area contributed by atoms with Gasteiger partial charge >= 0.3 is 0 Å². The first kappa shape index (κ1) is 14.6. The summed E-state index contributed by atoms with van der Waals surface area (Å²) in [5, 5.41) is 0.761. The molecule has 0 atom stereocenters. The number of fused-ring (bicyclic) bond motifs is 1. The van der Waals surface area contributed by atoms with Crippen molar-refractivity contribution >= 4 is 23.2 Å². The van der Waals surface area contributed by atoms with Gasteiger partial charge in [0.15, 0.2) is 0 Å². The molecule has 0 bridgehead atoms. The SMILES string of the molecule is Cc1[nH]c2ccc(F)cc2c1CC(=O)N1CCN(C=O)CC1. The standard InChI is InChI=1S/C16H18FN3O2/c1-11-13(14-8-12(17)2-3-15(14)18-11)9-16(22)20-6-4-19(10-21)5-7-20/h2-3,8,10,18H,4-7,9H2,1H3. The second-order valence-corrected chi connectivity index (χ2v) is 5.62. The van der Waals surface area contributed by atoms with Gasteiger partial charge < -0.3 is 14.8 Å². The lowest BCUT2D eigenvalue weighted by molar-refractivity contribution is -0.134. The van der Waals surface area contributed by atoms with Crippen molar-refractivity contribution in [1.29, 1.82) is 0 Å². The van der Waals surface area contributed by atoms with Gasteiger partial charge in [0.25, 0.3) is 0 Å². The first-order valence-electron chi connectivity index (χ1n) is 7.32. The van der Waals surface area contributed by atoms with Gasteiger partial charge in [0.2, 0.25) is 12.3 Å². The van der Waals surface area contributed by atoms with Crippen LogP contribution < -0.4 is 0 Å². The average Bonchev–Trinajstić information content (AvgIpc) is 2.83. The summed E-state index contributed by atoms with van der Waals surface area (Å²) >= 11 is 0. The minimum absolute atomic E-state index is 0.0128. The van der Waals surface area contributed by atoms with Crippen molar-refractivity contribution in [3.05, 3.63) is 35.3 Å². The number of aryl methyl sites for hydroxylation is 1. The zero-order chi connectivity index (χ0) is 15.7. The molecule has 1 fully saturated rings. The number of benzene rings is 1. The number of rotatable bonds is 3. The van der Waals surface area contributed by atoms with Gasteiger partial charge in [0.05, 0.1) is 6.42 Å². The number of nitrogens with zero attached hydrogens (tertiary/aromatic N) is 2. The molecule has 0 unspecified atom stereocenters. The van der Waals surface area contributed by atoms with Crippen LogP contribution in [0, 0.1) is 12.7 Å². The van der Waals surface area contributed by atoms with Crippen LogP contribution in [0.15, 0.2) is 18.2 Å². The van der Waals surface area contributed by atoms with Gasteiger partial charge in [0.1, 0.15) is 5.82 Å². The van der Waals surface area contributed by atoms with Crippen molar-refractivity contribution < 1.29 is 14.0 Å². The molecular formula is C16H18FN3O2. The van der Waals surface area contributed by atoms with E-state index < -0.39 is 0 Å². The molecule has 0 radical (unpaired) electrons. The highest BCUT2D eigenvalue weighted by Crippen LogP contribution is 2.24. The van der Waals surface area contributed by atoms with Gasteiger partial charge in [0, 0.05) is 42.8 Å². The van der Waals surface area contributed by atoms with Crippen LogP contribution in [0.25, 0.3) is 10.9 Å². The molecule has 116 valence electrons. The van der Waals surface area contributed by atoms with Crippen molar-refractivity contribution in [3.8, 4) is 0 Å². The number of aromatic nitrogens is 1. The number of carbonyl (C=O) groups excluding carboxylic acids is 2. The number of aromatic amines is 1. The first-order chi connectivity index (χ1) is 10.6. The third kappa shape index (κ3) is 2.68. The van der Waals surface area contributed by atoms with E-state index >= 15 is 0 Å². The highest BCUT2D eigenvalue weighted by Gasteiger charge is 2.22. The molecular weight excluding hydrogens is 285 g/mol. The number of amides is 2. The normalized spacial score (nSPS) is 15.4. The number of piperazine rings is 1. The molecule has 22 heavy (non-hydrogen) atoms. The molecule has 1 N–H and O–H groups in total. The van der Waals surface area contributed by atoms with Crippen LogP contribution in [-0.4, -0.2) is 53.3 Å². The molecule has 1 aliphatic heterocycles. The van der Waals surface area contributed by atoms with Crippen molar-refractivity contribution in [2.45, 2.75) is 13.3 Å². The number of nitrogens with one attached hydrogen (secondary N) is 1. The van der Waals surface area contributed by atoms with Gasteiger partial charge in [-0.15, -0.1) is 0 Å². The minimum atomic E-state index is -0.306. The van der Waals surface area contributed by atoms with E-state index in [9.17, 15) is 14.0 Å². The van der Waals surface area contributed by atoms with Crippen molar-refractivity contribution in [3.63, 3.8) is 0 Å². The number of halogens is 1. The van der Waals surface area contributed by atoms with Crippen LogP contribution in [0.1, 0.15) is 11.3 Å². The third-order valence-electron chi connectivity index (χ3n) is 4.23. The van der Waals surface area contributed by atoms with Crippen molar-refractivity contribution in [2.75, 3.05) is 26.2 Å². The van der Waals surface area contributed by atoms with Crippen LogP contribution in [0.3, 0.4) is 0 Å². The molecule has 1 aliphatic rings. The second kappa shape index (κ2) is 5.79. The molecule has 0 saturated carbocycles. The Morgan fingerprint density at radius 3 is 2.73 bits per heavy atom. The Morgan fingerprint density at radius 2 is 2.05 bits per heavy atom. The molecule has 2 aromatic rings. The monoisotopic (exact) mass is 303 g/mol. The lowest BCUT2D eigenvalue weighted by Crippen LogP contribution is -2.48. The van der Waals surface area contributed by atoms with E-state index in [0.29, 0.717) is 26.2 Å². The number of carbonyl (C=O) groups is 2. The average molecular weight is 303 g/mol. The summed E-state index contributed by atoms with van der Waals surface area (Å²) < 4.78 is 13.5. The van der Waals surface area contributed by atoms with E-state index in [0.717, 1.165) is 28.6 Å². The maximum Gasteiger partial charge on any atom is 0.227 e. The second-order valence-electron chi connectivity index (χ2n) is 5.62. The lowest BCUT2D eigenvalue weighted by atomic mass is 10.1. The fourth-order valence-corrected chi connectivity index (χ4v) is 2.92. The predicted molar refractivity (Wildman–Crippen MR) is 80.9 cm³/mol. The Labute approximate surface area is 127 Å². The Hall–Kier alpha value is -2.37.